The van der Waals surface area contributed by atoms with Gasteiger partial charge in [0.25, 0.3) is 5.56 Å². The molecular formula is C16H12Br2N2O2. The summed E-state index contributed by atoms with van der Waals surface area (Å²) in [5, 5.41) is 0.579. The number of para-hydroxylation sites is 1. The van der Waals surface area contributed by atoms with E-state index in [9.17, 15) is 4.79 Å². The summed E-state index contributed by atoms with van der Waals surface area (Å²) in [6.45, 7) is 2.50. The third-order valence-electron chi connectivity index (χ3n) is 3.17. The molecule has 3 rings (SSSR count). The van der Waals surface area contributed by atoms with Gasteiger partial charge in [-0.05, 0) is 63.0 Å². The number of rotatable bonds is 3. The van der Waals surface area contributed by atoms with Gasteiger partial charge in [0.05, 0.1) is 26.5 Å². The molecule has 3 aromatic rings. The van der Waals surface area contributed by atoms with Gasteiger partial charge in [0, 0.05) is 5.56 Å². The molecule has 0 aliphatic rings. The van der Waals surface area contributed by atoms with Gasteiger partial charge in [0.2, 0.25) is 0 Å². The lowest BCUT2D eigenvalue weighted by Gasteiger charge is -2.11. The Kier molecular flexibility index (Phi) is 4.31. The Hall–Kier alpha value is -1.66. The lowest BCUT2D eigenvalue weighted by atomic mass is 10.2. The van der Waals surface area contributed by atoms with Crippen LogP contribution in [0, 0.1) is 0 Å². The zero-order valence-corrected chi connectivity index (χ0v) is 14.9. The van der Waals surface area contributed by atoms with Gasteiger partial charge in [-0.25, -0.2) is 4.98 Å². The first-order valence-electron chi connectivity index (χ1n) is 6.71. The van der Waals surface area contributed by atoms with Crippen LogP contribution in [0.1, 0.15) is 6.92 Å². The number of aromatic nitrogens is 2. The minimum Gasteiger partial charge on any atom is -0.492 e. The number of ether oxygens (including phenoxy) is 1. The van der Waals surface area contributed by atoms with Crippen molar-refractivity contribution < 1.29 is 4.74 Å². The molecule has 1 aromatic heterocycles. The predicted octanol–water partition coefficient (Wildman–Crippen LogP) is 4.51. The number of nitrogens with zero attached hydrogens (tertiary/aromatic N) is 1. The minimum absolute atomic E-state index is 0.151. The molecule has 1 N–H and O–H groups in total. The fourth-order valence-electron chi connectivity index (χ4n) is 2.20. The highest BCUT2D eigenvalue weighted by Crippen LogP contribution is 2.37. The van der Waals surface area contributed by atoms with Crippen LogP contribution in [-0.4, -0.2) is 16.6 Å². The molecule has 0 amide bonds. The number of aromatic amines is 1. The smallest absolute Gasteiger partial charge is 0.259 e. The van der Waals surface area contributed by atoms with E-state index in [1.165, 1.54) is 0 Å². The van der Waals surface area contributed by atoms with Crippen molar-refractivity contribution in [3.05, 3.63) is 55.7 Å². The molecule has 0 unspecified atom stereocenters. The third-order valence-corrected chi connectivity index (χ3v) is 4.35. The SMILES string of the molecule is CCOc1c(Br)cc(-c2nc3ccccc3c(=O)[nH]2)cc1Br. The Balaban J connectivity index is 2.17. The Labute approximate surface area is 143 Å². The highest BCUT2D eigenvalue weighted by atomic mass is 79.9. The van der Waals surface area contributed by atoms with E-state index in [0.29, 0.717) is 23.3 Å². The van der Waals surface area contributed by atoms with Gasteiger partial charge in [0.1, 0.15) is 11.6 Å². The molecule has 2 aromatic carbocycles. The van der Waals surface area contributed by atoms with E-state index in [4.69, 9.17) is 4.74 Å². The van der Waals surface area contributed by atoms with Crippen molar-refractivity contribution >= 4 is 42.8 Å². The van der Waals surface area contributed by atoms with Crippen LogP contribution in [0.4, 0.5) is 0 Å². The maximum Gasteiger partial charge on any atom is 0.259 e. The maximum atomic E-state index is 12.2. The van der Waals surface area contributed by atoms with E-state index in [0.717, 1.165) is 20.3 Å². The highest BCUT2D eigenvalue weighted by molar-refractivity contribution is 9.11. The molecule has 0 bridgehead atoms. The van der Waals surface area contributed by atoms with Gasteiger partial charge in [-0.2, -0.15) is 0 Å². The zero-order chi connectivity index (χ0) is 15.7. The van der Waals surface area contributed by atoms with Crippen molar-refractivity contribution in [2.75, 3.05) is 6.61 Å². The number of fused-ring (bicyclic) bond motifs is 1. The predicted molar refractivity (Wildman–Crippen MR) is 94.4 cm³/mol. The van der Waals surface area contributed by atoms with Crippen LogP contribution in [0.2, 0.25) is 0 Å². The third kappa shape index (κ3) is 2.80. The van der Waals surface area contributed by atoms with Gasteiger partial charge in [-0.15, -0.1) is 0 Å². The molecule has 112 valence electrons. The number of hydrogen-bond donors (Lipinski definition) is 1. The van der Waals surface area contributed by atoms with Gasteiger partial charge >= 0.3 is 0 Å². The molecule has 0 atom stereocenters. The molecule has 0 fully saturated rings. The van der Waals surface area contributed by atoms with Crippen LogP contribution < -0.4 is 10.3 Å². The second kappa shape index (κ2) is 6.22. The molecule has 6 heteroatoms. The second-order valence-electron chi connectivity index (χ2n) is 4.63. The molecule has 4 nitrogen and oxygen atoms in total. The monoisotopic (exact) mass is 422 g/mol. The number of H-pyrrole nitrogens is 1. The minimum atomic E-state index is -0.151. The quantitative estimate of drug-likeness (QED) is 0.673. The summed E-state index contributed by atoms with van der Waals surface area (Å²) in [5.74, 6) is 1.25. The second-order valence-corrected chi connectivity index (χ2v) is 6.34. The number of halogens is 2. The first kappa shape index (κ1) is 15.2. The topological polar surface area (TPSA) is 55.0 Å². The summed E-state index contributed by atoms with van der Waals surface area (Å²) in [6.07, 6.45) is 0. The van der Waals surface area contributed by atoms with Crippen LogP contribution in [0.15, 0.2) is 50.1 Å². The summed E-state index contributed by atoms with van der Waals surface area (Å²) in [4.78, 5) is 19.5. The zero-order valence-electron chi connectivity index (χ0n) is 11.7. The molecule has 0 aliphatic heterocycles. The number of nitrogens with one attached hydrogen (secondary N) is 1. The van der Waals surface area contributed by atoms with Crippen molar-refractivity contribution in [2.24, 2.45) is 0 Å². The van der Waals surface area contributed by atoms with Crippen LogP contribution in [0.25, 0.3) is 22.3 Å². The molecule has 0 saturated carbocycles. The molecule has 22 heavy (non-hydrogen) atoms. The van der Waals surface area contributed by atoms with Crippen LogP contribution >= 0.6 is 31.9 Å². The Morgan fingerprint density at radius 3 is 2.55 bits per heavy atom. The Morgan fingerprint density at radius 2 is 1.86 bits per heavy atom. The van der Waals surface area contributed by atoms with Gasteiger partial charge in [-0.3, -0.25) is 4.79 Å². The molecule has 0 spiro atoms. The largest absolute Gasteiger partial charge is 0.492 e. The summed E-state index contributed by atoms with van der Waals surface area (Å²) < 4.78 is 7.17. The average molecular weight is 424 g/mol. The van der Waals surface area contributed by atoms with E-state index in [-0.39, 0.29) is 5.56 Å². The molecule has 0 saturated heterocycles. The van der Waals surface area contributed by atoms with E-state index in [2.05, 4.69) is 41.8 Å². The fraction of sp³-hybridized carbons (Fsp3) is 0.125. The van der Waals surface area contributed by atoms with E-state index < -0.39 is 0 Å². The maximum absolute atomic E-state index is 12.2. The lowest BCUT2D eigenvalue weighted by molar-refractivity contribution is 0.336. The van der Waals surface area contributed by atoms with Crippen molar-refractivity contribution in [2.45, 2.75) is 6.92 Å². The average Bonchev–Trinajstić information content (AvgIpc) is 2.50. The van der Waals surface area contributed by atoms with Crippen LogP contribution in [-0.2, 0) is 0 Å². The van der Waals surface area contributed by atoms with Gasteiger partial charge in [0.15, 0.2) is 0 Å². The Bertz CT molecular complexity index is 883. The highest BCUT2D eigenvalue weighted by Gasteiger charge is 2.12. The van der Waals surface area contributed by atoms with Crippen molar-refractivity contribution in [1.82, 2.24) is 9.97 Å². The van der Waals surface area contributed by atoms with Crippen molar-refractivity contribution in [1.29, 1.82) is 0 Å². The summed E-state index contributed by atoms with van der Waals surface area (Å²) in [7, 11) is 0. The Morgan fingerprint density at radius 1 is 1.18 bits per heavy atom. The van der Waals surface area contributed by atoms with E-state index in [1.54, 1.807) is 6.07 Å². The molecule has 0 aliphatic carbocycles. The molecule has 1 heterocycles. The summed E-state index contributed by atoms with van der Waals surface area (Å²) in [5.41, 5.74) is 1.31. The summed E-state index contributed by atoms with van der Waals surface area (Å²) in [6, 6.07) is 11.0. The summed E-state index contributed by atoms with van der Waals surface area (Å²) >= 11 is 6.98. The van der Waals surface area contributed by atoms with Crippen LogP contribution in [0.5, 0.6) is 5.75 Å². The number of benzene rings is 2. The standard InChI is InChI=1S/C16H12Br2N2O2/c1-2-22-14-11(17)7-9(8-12(14)18)15-19-13-6-4-3-5-10(13)16(21)20-15/h3-8H,2H2,1H3,(H,19,20,21). The van der Waals surface area contributed by atoms with Crippen LogP contribution in [0.3, 0.4) is 0 Å². The number of hydrogen-bond acceptors (Lipinski definition) is 3. The molecule has 0 radical (unpaired) electrons. The van der Waals surface area contributed by atoms with Crippen molar-refractivity contribution in [3.8, 4) is 17.1 Å². The van der Waals surface area contributed by atoms with Gasteiger partial charge < -0.3 is 9.72 Å². The van der Waals surface area contributed by atoms with Crippen molar-refractivity contribution in [3.63, 3.8) is 0 Å². The van der Waals surface area contributed by atoms with E-state index in [1.807, 2.05) is 37.3 Å². The molecular weight excluding hydrogens is 412 g/mol. The first-order chi connectivity index (χ1) is 10.6. The first-order valence-corrected chi connectivity index (χ1v) is 8.30. The van der Waals surface area contributed by atoms with E-state index >= 15 is 0 Å². The van der Waals surface area contributed by atoms with Gasteiger partial charge in [-0.1, -0.05) is 12.1 Å². The fourth-order valence-corrected chi connectivity index (χ4v) is 3.62. The lowest BCUT2D eigenvalue weighted by Crippen LogP contribution is -2.09. The normalized spacial score (nSPS) is 10.9.